The van der Waals surface area contributed by atoms with Crippen molar-refractivity contribution in [1.29, 1.82) is 0 Å². The fourth-order valence-electron chi connectivity index (χ4n) is 5.20. The fraction of sp³-hybridized carbons (Fsp3) is 0.171. The molecule has 0 saturated carbocycles. The maximum atomic E-state index is 15.1. The molecule has 0 bridgehead atoms. The fourth-order valence-corrected chi connectivity index (χ4v) is 6.11. The van der Waals surface area contributed by atoms with Gasteiger partial charge in [-0.05, 0) is 101 Å². The third kappa shape index (κ3) is 7.48. The standard InChI is InChI=1S/C41H35FS/c1-4-7-8-9-27-43-36-22-19-34(20-23-36)40-25-16-32(29-41(40)42)12-11-31-15-24-39-35(28-31)21-26-38(37(39)6-3)33-17-13-30(10-5-2)14-18-33/h6,13-26,28-29H,3-4,7-9,27H2,1-2H3. The second-order valence-corrected chi connectivity index (χ2v) is 11.7. The Labute approximate surface area is 260 Å². The number of benzene rings is 5. The molecule has 0 heterocycles. The first kappa shape index (κ1) is 30.0. The summed E-state index contributed by atoms with van der Waals surface area (Å²) < 4.78 is 15.1. The van der Waals surface area contributed by atoms with Gasteiger partial charge in [0.05, 0.1) is 0 Å². The van der Waals surface area contributed by atoms with Gasteiger partial charge < -0.3 is 0 Å². The number of hydrogen-bond donors (Lipinski definition) is 0. The Hall–Kier alpha value is -4.50. The molecule has 0 amide bonds. The summed E-state index contributed by atoms with van der Waals surface area (Å²) >= 11 is 1.87. The van der Waals surface area contributed by atoms with Crippen molar-refractivity contribution in [3.63, 3.8) is 0 Å². The Kier molecular flexibility index (Phi) is 10.2. The Bertz CT molecular complexity index is 1860. The van der Waals surface area contributed by atoms with Gasteiger partial charge in [0.25, 0.3) is 0 Å². The Morgan fingerprint density at radius 3 is 2.05 bits per heavy atom. The average molecular weight is 579 g/mol. The van der Waals surface area contributed by atoms with Gasteiger partial charge in [0.1, 0.15) is 5.82 Å². The summed E-state index contributed by atoms with van der Waals surface area (Å²) in [5.41, 5.74) is 7.35. The first-order valence-electron chi connectivity index (χ1n) is 14.9. The molecular weight excluding hydrogens is 544 g/mol. The van der Waals surface area contributed by atoms with Gasteiger partial charge in [0.15, 0.2) is 0 Å². The molecule has 0 atom stereocenters. The summed E-state index contributed by atoms with van der Waals surface area (Å²) in [7, 11) is 0. The van der Waals surface area contributed by atoms with Gasteiger partial charge in [-0.3, -0.25) is 0 Å². The second-order valence-electron chi connectivity index (χ2n) is 10.5. The number of hydrogen-bond acceptors (Lipinski definition) is 1. The van der Waals surface area contributed by atoms with Crippen molar-refractivity contribution in [1.82, 2.24) is 0 Å². The Balaban J connectivity index is 1.31. The lowest BCUT2D eigenvalue weighted by Crippen LogP contribution is -1.88. The van der Waals surface area contributed by atoms with Crippen LogP contribution in [0.3, 0.4) is 0 Å². The third-order valence-corrected chi connectivity index (χ3v) is 8.58. The second kappa shape index (κ2) is 14.6. The smallest absolute Gasteiger partial charge is 0.132 e. The number of fused-ring (bicyclic) bond motifs is 1. The number of halogens is 1. The van der Waals surface area contributed by atoms with E-state index in [0.29, 0.717) is 11.1 Å². The molecule has 0 spiro atoms. The van der Waals surface area contributed by atoms with Crippen LogP contribution in [0.1, 0.15) is 61.8 Å². The quantitative estimate of drug-likeness (QED) is 0.0952. The zero-order valence-electron chi connectivity index (χ0n) is 24.8. The molecule has 2 heteroatoms. The number of thioether (sulfide) groups is 1. The van der Waals surface area contributed by atoms with E-state index in [1.807, 2.05) is 67.2 Å². The van der Waals surface area contributed by atoms with E-state index in [-0.39, 0.29) is 5.82 Å². The van der Waals surface area contributed by atoms with Crippen LogP contribution >= 0.6 is 11.8 Å². The lowest BCUT2D eigenvalue weighted by molar-refractivity contribution is 0.631. The van der Waals surface area contributed by atoms with Crippen LogP contribution in [0.15, 0.2) is 109 Å². The van der Waals surface area contributed by atoms with Crippen LogP contribution in [-0.4, -0.2) is 5.75 Å². The van der Waals surface area contributed by atoms with E-state index in [9.17, 15) is 0 Å². The van der Waals surface area contributed by atoms with E-state index in [1.165, 1.54) is 36.6 Å². The number of rotatable bonds is 9. The molecule has 43 heavy (non-hydrogen) atoms. The molecule has 0 nitrogen and oxygen atoms in total. The first-order chi connectivity index (χ1) is 21.1. The van der Waals surface area contributed by atoms with Crippen molar-refractivity contribution in [2.45, 2.75) is 44.4 Å². The van der Waals surface area contributed by atoms with Crippen LogP contribution in [0.25, 0.3) is 39.1 Å². The van der Waals surface area contributed by atoms with Crippen molar-refractivity contribution in [2.24, 2.45) is 0 Å². The lowest BCUT2D eigenvalue weighted by atomic mass is 9.93. The van der Waals surface area contributed by atoms with Crippen molar-refractivity contribution < 1.29 is 4.39 Å². The lowest BCUT2D eigenvalue weighted by Gasteiger charge is -2.11. The molecule has 0 radical (unpaired) electrons. The Morgan fingerprint density at radius 2 is 1.35 bits per heavy atom. The van der Waals surface area contributed by atoms with Crippen LogP contribution in [0.2, 0.25) is 0 Å². The van der Waals surface area contributed by atoms with Crippen LogP contribution in [0.5, 0.6) is 0 Å². The predicted octanol–water partition coefficient (Wildman–Crippen LogP) is 11.4. The minimum Gasteiger partial charge on any atom is -0.206 e. The first-order valence-corrected chi connectivity index (χ1v) is 15.9. The molecule has 0 fully saturated rings. The zero-order valence-corrected chi connectivity index (χ0v) is 25.7. The predicted molar refractivity (Wildman–Crippen MR) is 185 cm³/mol. The van der Waals surface area contributed by atoms with Gasteiger partial charge in [-0.2, -0.15) is 0 Å². The van der Waals surface area contributed by atoms with Gasteiger partial charge in [-0.25, -0.2) is 4.39 Å². The normalized spacial score (nSPS) is 10.5. The maximum Gasteiger partial charge on any atom is 0.132 e. The van der Waals surface area contributed by atoms with E-state index in [2.05, 4.69) is 85.7 Å². The van der Waals surface area contributed by atoms with Gasteiger partial charge >= 0.3 is 0 Å². The average Bonchev–Trinajstić information content (AvgIpc) is 3.04. The monoisotopic (exact) mass is 578 g/mol. The van der Waals surface area contributed by atoms with Gasteiger partial charge in [-0.15, -0.1) is 17.7 Å². The highest BCUT2D eigenvalue weighted by atomic mass is 32.2. The van der Waals surface area contributed by atoms with Crippen LogP contribution < -0.4 is 0 Å². The van der Waals surface area contributed by atoms with E-state index in [4.69, 9.17) is 0 Å². The molecule has 0 aromatic heterocycles. The third-order valence-electron chi connectivity index (χ3n) is 7.48. The molecule has 0 saturated heterocycles. The largest absolute Gasteiger partial charge is 0.206 e. The highest BCUT2D eigenvalue weighted by Crippen LogP contribution is 2.32. The van der Waals surface area contributed by atoms with Gasteiger partial charge in [-0.1, -0.05) is 105 Å². The number of unbranched alkanes of at least 4 members (excludes halogenated alkanes) is 3. The molecule has 5 aromatic rings. The summed E-state index contributed by atoms with van der Waals surface area (Å²) in [5, 5.41) is 2.20. The van der Waals surface area contributed by atoms with Crippen LogP contribution in [0, 0.1) is 29.5 Å². The summed E-state index contributed by atoms with van der Waals surface area (Å²) in [6.45, 7) is 8.16. The molecule has 5 aromatic carbocycles. The van der Waals surface area contributed by atoms with E-state index in [1.54, 1.807) is 0 Å². The van der Waals surface area contributed by atoms with Crippen molar-refractivity contribution in [3.05, 3.63) is 132 Å². The molecule has 0 unspecified atom stereocenters. The van der Waals surface area contributed by atoms with Crippen LogP contribution in [0.4, 0.5) is 4.39 Å². The Morgan fingerprint density at radius 1 is 0.698 bits per heavy atom. The van der Waals surface area contributed by atoms with Crippen molar-refractivity contribution in [3.8, 4) is 45.9 Å². The van der Waals surface area contributed by atoms with E-state index < -0.39 is 0 Å². The topological polar surface area (TPSA) is 0 Å². The molecule has 0 aliphatic heterocycles. The van der Waals surface area contributed by atoms with Gasteiger partial charge in [0.2, 0.25) is 0 Å². The minimum absolute atomic E-state index is 0.261. The van der Waals surface area contributed by atoms with E-state index in [0.717, 1.165) is 49.9 Å². The SMILES string of the molecule is C=Cc1c(-c2ccc(C#CC)cc2)ccc2cc(C#Cc3ccc(-c4ccc(SCCCCCC)cc4)c(F)c3)ccc12. The van der Waals surface area contributed by atoms with E-state index >= 15 is 4.39 Å². The van der Waals surface area contributed by atoms with Crippen molar-refractivity contribution >= 4 is 28.6 Å². The molecule has 5 rings (SSSR count). The summed E-state index contributed by atoms with van der Waals surface area (Å²) in [6, 6.07) is 32.2. The minimum atomic E-state index is -0.261. The highest BCUT2D eigenvalue weighted by Gasteiger charge is 2.09. The summed E-state index contributed by atoms with van der Waals surface area (Å²) in [4.78, 5) is 1.23. The molecular formula is C41H35FS. The zero-order chi connectivity index (χ0) is 30.0. The van der Waals surface area contributed by atoms with Crippen molar-refractivity contribution in [2.75, 3.05) is 5.75 Å². The highest BCUT2D eigenvalue weighted by molar-refractivity contribution is 7.99. The maximum absolute atomic E-state index is 15.1. The molecule has 0 aliphatic carbocycles. The molecule has 0 N–H and O–H groups in total. The summed E-state index contributed by atoms with van der Waals surface area (Å²) in [5.74, 6) is 13.3. The van der Waals surface area contributed by atoms with Gasteiger partial charge in [0, 0.05) is 27.1 Å². The molecule has 0 aliphatic rings. The summed E-state index contributed by atoms with van der Waals surface area (Å²) in [6.07, 6.45) is 6.98. The van der Waals surface area contributed by atoms with Crippen LogP contribution in [-0.2, 0) is 0 Å². The molecule has 212 valence electrons.